The fourth-order valence-electron chi connectivity index (χ4n) is 7.96. The van der Waals surface area contributed by atoms with Gasteiger partial charge in [-0.2, -0.15) is 0 Å². The molecule has 2 N–H and O–H groups in total. The van der Waals surface area contributed by atoms with E-state index in [1.54, 1.807) is 12.1 Å². The van der Waals surface area contributed by atoms with E-state index in [-0.39, 0.29) is 12.5 Å². The van der Waals surface area contributed by atoms with Gasteiger partial charge < -0.3 is 15.2 Å². The Labute approximate surface area is 363 Å². The van der Waals surface area contributed by atoms with Gasteiger partial charge in [-0.1, -0.05) is 229 Å². The van der Waals surface area contributed by atoms with Crippen molar-refractivity contribution >= 4 is 22.6 Å². The highest BCUT2D eigenvalue weighted by Gasteiger charge is 2.22. The molecule has 0 fully saturated rings. The molecule has 0 aliphatic rings. The van der Waals surface area contributed by atoms with Crippen LogP contribution in [0.3, 0.4) is 0 Å². The molecule has 334 valence electrons. The van der Waals surface area contributed by atoms with E-state index < -0.39 is 18.1 Å². The number of ether oxygens (including phenoxy) is 1. The zero-order valence-corrected chi connectivity index (χ0v) is 38.2. The van der Waals surface area contributed by atoms with Gasteiger partial charge in [0.05, 0.1) is 17.7 Å². The predicted octanol–water partition coefficient (Wildman–Crippen LogP) is 15.9. The number of carbonyl (C=O) groups excluding carboxylic acids is 2. The van der Waals surface area contributed by atoms with Crippen molar-refractivity contribution in [2.24, 2.45) is 0 Å². The van der Waals surface area contributed by atoms with Crippen LogP contribution in [0.15, 0.2) is 66.8 Å². The molecule has 2 atom stereocenters. The lowest BCUT2D eigenvalue weighted by Crippen LogP contribution is -2.46. The predicted molar refractivity (Wildman–Crippen MR) is 254 cm³/mol. The van der Waals surface area contributed by atoms with Gasteiger partial charge >= 0.3 is 5.97 Å². The molecule has 0 saturated heterocycles. The SMILES string of the molecule is CCCCCCCC/C=C\CCCCCCCCCCCCCC(=O)N[C@H](COC(=O)c1ccc2ccccc2c1)[C@@H](O)/C=C/CCCCCCCCCCCCCC. The van der Waals surface area contributed by atoms with Gasteiger partial charge in [-0.15, -0.1) is 0 Å². The number of aliphatic hydroxyl groups is 1. The molecule has 2 aromatic carbocycles. The van der Waals surface area contributed by atoms with E-state index in [9.17, 15) is 14.7 Å². The van der Waals surface area contributed by atoms with Crippen molar-refractivity contribution in [1.82, 2.24) is 5.32 Å². The van der Waals surface area contributed by atoms with Crippen LogP contribution in [0.25, 0.3) is 10.8 Å². The van der Waals surface area contributed by atoms with Gasteiger partial charge in [0.15, 0.2) is 0 Å². The molecule has 0 radical (unpaired) electrons. The van der Waals surface area contributed by atoms with Gasteiger partial charge in [0.1, 0.15) is 6.61 Å². The Bertz CT molecular complexity index is 1350. The number of fused-ring (bicyclic) bond motifs is 1. The maximum absolute atomic E-state index is 13.0. The van der Waals surface area contributed by atoms with Gasteiger partial charge in [-0.3, -0.25) is 4.79 Å². The Morgan fingerprint density at radius 1 is 0.542 bits per heavy atom. The second-order valence-electron chi connectivity index (χ2n) is 17.4. The molecule has 0 unspecified atom stereocenters. The first kappa shape index (κ1) is 52.2. The molecule has 0 aromatic heterocycles. The first-order valence-electron chi connectivity index (χ1n) is 25.0. The minimum absolute atomic E-state index is 0.0854. The van der Waals surface area contributed by atoms with Crippen molar-refractivity contribution in [2.75, 3.05) is 6.61 Å². The zero-order chi connectivity index (χ0) is 42.3. The smallest absolute Gasteiger partial charge is 0.338 e. The minimum Gasteiger partial charge on any atom is -0.460 e. The standard InChI is InChI=1S/C54H89NO4/c1-3-5-7-9-11-13-15-17-19-20-21-22-23-24-25-27-29-31-33-35-37-43-53(57)55-51(47-59-54(58)50-45-44-48-40-38-39-41-49(48)46-50)52(56)42-36-34-32-30-28-26-18-16-14-12-10-8-6-4-2/h17,19,36,38-42,44-46,51-52,56H,3-16,18,20-35,37,43,47H2,1-2H3,(H,55,57)/b19-17-,42-36+/t51-,52+/m1/s1. The van der Waals surface area contributed by atoms with E-state index >= 15 is 0 Å². The van der Waals surface area contributed by atoms with E-state index in [1.165, 1.54) is 173 Å². The highest BCUT2D eigenvalue weighted by molar-refractivity contribution is 5.95. The molecule has 5 heteroatoms. The average molecular weight is 816 g/mol. The number of aliphatic hydroxyl groups excluding tert-OH is 1. The summed E-state index contributed by atoms with van der Waals surface area (Å²) in [5, 5.41) is 16.1. The van der Waals surface area contributed by atoms with Crippen LogP contribution in [0.4, 0.5) is 0 Å². The summed E-state index contributed by atoms with van der Waals surface area (Å²) in [7, 11) is 0. The largest absolute Gasteiger partial charge is 0.460 e. The van der Waals surface area contributed by atoms with Crippen molar-refractivity contribution in [3.05, 3.63) is 72.3 Å². The van der Waals surface area contributed by atoms with Gasteiger partial charge in [-0.25, -0.2) is 4.79 Å². The number of hydrogen-bond donors (Lipinski definition) is 2. The van der Waals surface area contributed by atoms with Gasteiger partial charge in [0.25, 0.3) is 0 Å². The third kappa shape index (κ3) is 29.1. The number of hydrogen-bond acceptors (Lipinski definition) is 4. The molecule has 0 saturated carbocycles. The number of benzene rings is 2. The van der Waals surface area contributed by atoms with Crippen molar-refractivity contribution in [3.8, 4) is 0 Å². The van der Waals surface area contributed by atoms with Crippen LogP contribution < -0.4 is 5.32 Å². The van der Waals surface area contributed by atoms with Crippen LogP contribution in [0.1, 0.15) is 236 Å². The Hall–Kier alpha value is -2.92. The summed E-state index contributed by atoms with van der Waals surface area (Å²) in [6, 6.07) is 12.7. The van der Waals surface area contributed by atoms with E-state index in [0.29, 0.717) is 12.0 Å². The summed E-state index contributed by atoms with van der Waals surface area (Å²) in [6.45, 7) is 4.46. The first-order chi connectivity index (χ1) is 29.0. The number of esters is 1. The zero-order valence-electron chi connectivity index (χ0n) is 38.2. The lowest BCUT2D eigenvalue weighted by Gasteiger charge is -2.22. The summed E-state index contributed by atoms with van der Waals surface area (Å²) in [5.41, 5.74) is 0.461. The topological polar surface area (TPSA) is 75.6 Å². The summed E-state index contributed by atoms with van der Waals surface area (Å²) in [4.78, 5) is 26.1. The number of allylic oxidation sites excluding steroid dienone is 3. The molecular weight excluding hydrogens is 727 g/mol. The number of nitrogens with one attached hydrogen (secondary N) is 1. The van der Waals surface area contributed by atoms with Gasteiger partial charge in [0.2, 0.25) is 5.91 Å². The molecular formula is C54H89NO4. The Morgan fingerprint density at radius 3 is 1.46 bits per heavy atom. The molecule has 2 aromatic rings. The summed E-state index contributed by atoms with van der Waals surface area (Å²) in [6.07, 6.45) is 49.0. The molecule has 0 bridgehead atoms. The molecule has 0 spiro atoms. The van der Waals surface area contributed by atoms with Crippen molar-refractivity contribution in [1.29, 1.82) is 0 Å². The third-order valence-electron chi connectivity index (χ3n) is 11.9. The van der Waals surface area contributed by atoms with Crippen molar-refractivity contribution in [3.63, 3.8) is 0 Å². The van der Waals surface area contributed by atoms with Crippen LogP contribution >= 0.6 is 0 Å². The Balaban J connectivity index is 1.61. The van der Waals surface area contributed by atoms with Crippen LogP contribution in [0, 0.1) is 0 Å². The van der Waals surface area contributed by atoms with Crippen LogP contribution in [-0.4, -0.2) is 35.7 Å². The average Bonchev–Trinajstić information content (AvgIpc) is 3.25. The maximum Gasteiger partial charge on any atom is 0.338 e. The Kier molecular flexibility index (Phi) is 33.7. The summed E-state index contributed by atoms with van der Waals surface area (Å²) < 4.78 is 5.69. The fraction of sp³-hybridized carbons (Fsp3) is 0.704. The maximum atomic E-state index is 13.0. The number of carbonyl (C=O) groups is 2. The molecule has 0 aliphatic heterocycles. The highest BCUT2D eigenvalue weighted by atomic mass is 16.5. The fourth-order valence-corrected chi connectivity index (χ4v) is 7.96. The molecule has 5 nitrogen and oxygen atoms in total. The molecule has 0 heterocycles. The molecule has 2 rings (SSSR count). The van der Waals surface area contributed by atoms with Gasteiger partial charge in [0, 0.05) is 6.42 Å². The normalized spacial score (nSPS) is 12.8. The quantitative estimate of drug-likeness (QED) is 0.0399. The van der Waals surface area contributed by atoms with E-state index in [0.717, 1.165) is 42.9 Å². The highest BCUT2D eigenvalue weighted by Crippen LogP contribution is 2.18. The lowest BCUT2D eigenvalue weighted by molar-refractivity contribution is -0.123. The summed E-state index contributed by atoms with van der Waals surface area (Å²) >= 11 is 0. The third-order valence-corrected chi connectivity index (χ3v) is 11.9. The van der Waals surface area contributed by atoms with E-state index in [1.807, 2.05) is 42.5 Å². The molecule has 0 aliphatic carbocycles. The van der Waals surface area contributed by atoms with E-state index in [4.69, 9.17) is 4.74 Å². The lowest BCUT2D eigenvalue weighted by atomic mass is 10.0. The monoisotopic (exact) mass is 816 g/mol. The first-order valence-corrected chi connectivity index (χ1v) is 25.0. The number of unbranched alkanes of at least 4 members (excludes halogenated alkanes) is 29. The minimum atomic E-state index is -0.933. The van der Waals surface area contributed by atoms with Crippen LogP contribution in [0.2, 0.25) is 0 Å². The Morgan fingerprint density at radius 2 is 0.966 bits per heavy atom. The summed E-state index contributed by atoms with van der Waals surface area (Å²) in [5.74, 6) is -0.553. The van der Waals surface area contributed by atoms with E-state index in [2.05, 4.69) is 31.3 Å². The van der Waals surface area contributed by atoms with Crippen LogP contribution in [0.5, 0.6) is 0 Å². The van der Waals surface area contributed by atoms with Crippen molar-refractivity contribution in [2.45, 2.75) is 238 Å². The number of rotatable bonds is 40. The van der Waals surface area contributed by atoms with Gasteiger partial charge in [-0.05, 0) is 67.9 Å². The molecule has 1 amide bonds. The molecule has 59 heavy (non-hydrogen) atoms. The second-order valence-corrected chi connectivity index (χ2v) is 17.4. The van der Waals surface area contributed by atoms with Crippen molar-refractivity contribution < 1.29 is 19.4 Å². The second kappa shape index (κ2) is 38.0. The van der Waals surface area contributed by atoms with Crippen LogP contribution in [-0.2, 0) is 9.53 Å². The number of amides is 1.